The number of carbonyl (C=O) groups is 2. The van der Waals surface area contributed by atoms with Gasteiger partial charge >= 0.3 is 0 Å². The van der Waals surface area contributed by atoms with Gasteiger partial charge in [0.25, 0.3) is 11.8 Å². The standard InChI is InChI=1S/C17H19NO4S/c19-8-10-23-15-14(12-5-2-1-3-6-12)16(20)18(17(15)21)11-13-7-4-9-22-13/h1-3,5-6,13,19H,4,7-11H2. The summed E-state index contributed by atoms with van der Waals surface area (Å²) >= 11 is 1.24. The largest absolute Gasteiger partial charge is 0.396 e. The highest BCUT2D eigenvalue weighted by atomic mass is 32.2. The minimum atomic E-state index is -0.275. The lowest BCUT2D eigenvalue weighted by atomic mass is 10.1. The van der Waals surface area contributed by atoms with E-state index in [1.165, 1.54) is 16.7 Å². The molecule has 1 unspecified atom stereocenters. The first-order valence-electron chi connectivity index (χ1n) is 7.73. The second-order valence-electron chi connectivity index (χ2n) is 5.50. The maximum absolute atomic E-state index is 12.8. The van der Waals surface area contributed by atoms with E-state index < -0.39 is 0 Å². The van der Waals surface area contributed by atoms with E-state index >= 15 is 0 Å². The summed E-state index contributed by atoms with van der Waals surface area (Å²) in [6.45, 7) is 0.951. The highest BCUT2D eigenvalue weighted by Gasteiger charge is 2.40. The van der Waals surface area contributed by atoms with Crippen molar-refractivity contribution in [3.8, 4) is 0 Å². The summed E-state index contributed by atoms with van der Waals surface area (Å²) in [6, 6.07) is 9.22. The molecule has 0 bridgehead atoms. The summed E-state index contributed by atoms with van der Waals surface area (Å²) in [4.78, 5) is 27.2. The minimum Gasteiger partial charge on any atom is -0.396 e. The van der Waals surface area contributed by atoms with Crippen molar-refractivity contribution in [2.75, 3.05) is 25.5 Å². The molecule has 122 valence electrons. The summed E-state index contributed by atoms with van der Waals surface area (Å²) < 4.78 is 5.56. The van der Waals surface area contributed by atoms with Crippen molar-refractivity contribution in [2.24, 2.45) is 0 Å². The first kappa shape index (κ1) is 16.2. The molecule has 5 nitrogen and oxygen atoms in total. The third kappa shape index (κ3) is 3.34. The Morgan fingerprint density at radius 2 is 2.00 bits per heavy atom. The van der Waals surface area contributed by atoms with Gasteiger partial charge < -0.3 is 9.84 Å². The molecule has 1 fully saturated rings. The fraction of sp³-hybridized carbons (Fsp3) is 0.412. The Kier molecular flexibility index (Phi) is 5.15. The predicted molar refractivity (Wildman–Crippen MR) is 88.6 cm³/mol. The Balaban J connectivity index is 1.89. The number of amides is 2. The van der Waals surface area contributed by atoms with Gasteiger partial charge in [-0.05, 0) is 18.4 Å². The molecule has 0 spiro atoms. The van der Waals surface area contributed by atoms with E-state index in [4.69, 9.17) is 9.84 Å². The van der Waals surface area contributed by atoms with Gasteiger partial charge in [-0.2, -0.15) is 0 Å². The number of hydrogen-bond donors (Lipinski definition) is 1. The molecule has 1 aromatic rings. The van der Waals surface area contributed by atoms with Crippen LogP contribution < -0.4 is 0 Å². The lowest BCUT2D eigenvalue weighted by Gasteiger charge is -2.19. The van der Waals surface area contributed by atoms with Crippen molar-refractivity contribution in [1.29, 1.82) is 0 Å². The molecule has 1 saturated heterocycles. The van der Waals surface area contributed by atoms with Gasteiger partial charge in [-0.3, -0.25) is 14.5 Å². The van der Waals surface area contributed by atoms with Crippen molar-refractivity contribution in [1.82, 2.24) is 4.90 Å². The predicted octanol–water partition coefficient (Wildman–Crippen LogP) is 1.67. The Morgan fingerprint density at radius 1 is 1.22 bits per heavy atom. The first-order chi connectivity index (χ1) is 11.2. The van der Waals surface area contributed by atoms with Crippen molar-refractivity contribution < 1.29 is 19.4 Å². The molecule has 0 radical (unpaired) electrons. The van der Waals surface area contributed by atoms with E-state index in [9.17, 15) is 9.59 Å². The maximum atomic E-state index is 12.8. The Labute approximate surface area is 139 Å². The van der Waals surface area contributed by atoms with Gasteiger partial charge in [0.15, 0.2) is 0 Å². The van der Waals surface area contributed by atoms with Crippen LogP contribution in [0.3, 0.4) is 0 Å². The Morgan fingerprint density at radius 3 is 2.65 bits per heavy atom. The number of nitrogens with zero attached hydrogens (tertiary/aromatic N) is 1. The van der Waals surface area contributed by atoms with Crippen LogP contribution in [0.2, 0.25) is 0 Å². The molecule has 0 aliphatic carbocycles. The smallest absolute Gasteiger partial charge is 0.268 e. The lowest BCUT2D eigenvalue weighted by molar-refractivity contribution is -0.138. The molecule has 0 saturated carbocycles. The number of carbonyl (C=O) groups excluding carboxylic acids is 2. The van der Waals surface area contributed by atoms with Crippen LogP contribution in [0.5, 0.6) is 0 Å². The quantitative estimate of drug-likeness (QED) is 0.802. The van der Waals surface area contributed by atoms with Crippen molar-refractivity contribution >= 4 is 29.1 Å². The molecule has 2 amide bonds. The molecule has 2 aliphatic rings. The normalized spacial score (nSPS) is 21.6. The van der Waals surface area contributed by atoms with Gasteiger partial charge in [0.05, 0.1) is 29.7 Å². The summed E-state index contributed by atoms with van der Waals surface area (Å²) in [7, 11) is 0. The molecule has 1 aromatic carbocycles. The fourth-order valence-electron chi connectivity index (χ4n) is 2.85. The third-order valence-corrected chi connectivity index (χ3v) is 4.99. The van der Waals surface area contributed by atoms with E-state index in [1.54, 1.807) is 0 Å². The van der Waals surface area contributed by atoms with Crippen LogP contribution in [0, 0.1) is 0 Å². The minimum absolute atomic E-state index is 0.0383. The first-order valence-corrected chi connectivity index (χ1v) is 8.72. The second kappa shape index (κ2) is 7.29. The molecule has 6 heteroatoms. The maximum Gasteiger partial charge on any atom is 0.268 e. The monoisotopic (exact) mass is 333 g/mol. The molecule has 2 aliphatic heterocycles. The van der Waals surface area contributed by atoms with Crippen LogP contribution in [-0.4, -0.2) is 53.4 Å². The highest BCUT2D eigenvalue weighted by Crippen LogP contribution is 2.36. The Bertz CT molecular complexity index is 623. The van der Waals surface area contributed by atoms with E-state index in [1.807, 2.05) is 30.3 Å². The number of imide groups is 1. The van der Waals surface area contributed by atoms with Crippen LogP contribution in [0.25, 0.3) is 5.57 Å². The van der Waals surface area contributed by atoms with Gasteiger partial charge in [-0.25, -0.2) is 0 Å². The average Bonchev–Trinajstić information content (AvgIpc) is 3.16. The van der Waals surface area contributed by atoms with E-state index in [-0.39, 0.29) is 24.5 Å². The SMILES string of the molecule is O=C1C(SCCO)=C(c2ccccc2)C(=O)N1CC1CCCO1. The molecular weight excluding hydrogens is 314 g/mol. The number of benzene rings is 1. The molecule has 1 atom stereocenters. The van der Waals surface area contributed by atoms with Gasteiger partial charge in [-0.1, -0.05) is 30.3 Å². The summed E-state index contributed by atoms with van der Waals surface area (Å²) in [5.41, 5.74) is 1.17. The van der Waals surface area contributed by atoms with E-state index in [0.717, 1.165) is 18.4 Å². The van der Waals surface area contributed by atoms with Crippen LogP contribution in [0.1, 0.15) is 18.4 Å². The number of aliphatic hydroxyl groups is 1. The molecule has 1 N–H and O–H groups in total. The molecule has 0 aromatic heterocycles. The van der Waals surface area contributed by atoms with Gasteiger partial charge in [0.1, 0.15) is 0 Å². The number of aliphatic hydroxyl groups excluding tert-OH is 1. The average molecular weight is 333 g/mol. The van der Waals surface area contributed by atoms with Crippen molar-refractivity contribution in [2.45, 2.75) is 18.9 Å². The van der Waals surface area contributed by atoms with Crippen LogP contribution in [0.15, 0.2) is 35.2 Å². The third-order valence-electron chi connectivity index (χ3n) is 3.94. The van der Waals surface area contributed by atoms with Crippen LogP contribution >= 0.6 is 11.8 Å². The number of hydrogen-bond acceptors (Lipinski definition) is 5. The number of ether oxygens (including phenoxy) is 1. The van der Waals surface area contributed by atoms with Gasteiger partial charge in [0.2, 0.25) is 0 Å². The van der Waals surface area contributed by atoms with Crippen molar-refractivity contribution in [3.63, 3.8) is 0 Å². The molecule has 3 rings (SSSR count). The van der Waals surface area contributed by atoms with Gasteiger partial charge in [-0.15, -0.1) is 11.8 Å². The summed E-state index contributed by atoms with van der Waals surface area (Å²) in [5.74, 6) is -0.154. The van der Waals surface area contributed by atoms with E-state index in [0.29, 0.717) is 29.4 Å². The van der Waals surface area contributed by atoms with Crippen molar-refractivity contribution in [3.05, 3.63) is 40.8 Å². The van der Waals surface area contributed by atoms with Crippen LogP contribution in [-0.2, 0) is 14.3 Å². The van der Waals surface area contributed by atoms with E-state index in [2.05, 4.69) is 0 Å². The lowest BCUT2D eigenvalue weighted by Crippen LogP contribution is -2.37. The molecule has 23 heavy (non-hydrogen) atoms. The number of rotatable bonds is 6. The topological polar surface area (TPSA) is 66.8 Å². The number of thioether (sulfide) groups is 1. The highest BCUT2D eigenvalue weighted by molar-refractivity contribution is 8.04. The zero-order valence-corrected chi connectivity index (χ0v) is 13.6. The fourth-order valence-corrected chi connectivity index (χ4v) is 3.73. The van der Waals surface area contributed by atoms with Gasteiger partial charge in [0, 0.05) is 12.4 Å². The summed E-state index contributed by atoms with van der Waals surface area (Å²) in [5, 5.41) is 9.06. The molecular formula is C17H19NO4S. The Hall–Kier alpha value is -1.63. The second-order valence-corrected chi connectivity index (χ2v) is 6.60. The van der Waals surface area contributed by atoms with Crippen LogP contribution in [0.4, 0.5) is 0 Å². The molecule has 2 heterocycles. The summed E-state index contributed by atoms with van der Waals surface area (Å²) in [6.07, 6.45) is 1.77. The zero-order valence-electron chi connectivity index (χ0n) is 12.7. The zero-order chi connectivity index (χ0) is 16.2.